The van der Waals surface area contributed by atoms with Gasteiger partial charge in [0.05, 0.1) is 5.02 Å². The summed E-state index contributed by atoms with van der Waals surface area (Å²) in [6.45, 7) is 0. The standard InChI is InChI=1S/C19H12Cl4O5S/c20-13-2-1-3-14(21)18(13)19(29(26,27)28,10-4-6-11(24)7-5-10)12-8-16(23)17(25)9-15(12)22/h1-9,24-25H,(H,26,27,28). The second-order valence-corrected chi connectivity index (χ2v) is 9.27. The fourth-order valence-electron chi connectivity index (χ4n) is 3.19. The van der Waals surface area contributed by atoms with Gasteiger partial charge in [0.1, 0.15) is 11.5 Å². The second-order valence-electron chi connectivity index (χ2n) is 6.08. The van der Waals surface area contributed by atoms with Crippen molar-refractivity contribution in [1.82, 2.24) is 0 Å². The van der Waals surface area contributed by atoms with Crippen LogP contribution in [0.3, 0.4) is 0 Å². The van der Waals surface area contributed by atoms with Crippen molar-refractivity contribution >= 4 is 56.5 Å². The first kappa shape index (κ1) is 22.0. The van der Waals surface area contributed by atoms with Crippen LogP contribution in [0.15, 0.2) is 54.6 Å². The van der Waals surface area contributed by atoms with Crippen LogP contribution in [0.4, 0.5) is 0 Å². The molecule has 152 valence electrons. The normalized spacial score (nSPS) is 13.8. The number of halogens is 4. The van der Waals surface area contributed by atoms with Crippen molar-refractivity contribution in [2.24, 2.45) is 0 Å². The van der Waals surface area contributed by atoms with Crippen LogP contribution in [0.5, 0.6) is 11.5 Å². The van der Waals surface area contributed by atoms with Crippen LogP contribution < -0.4 is 0 Å². The van der Waals surface area contributed by atoms with Gasteiger partial charge in [0.25, 0.3) is 10.1 Å². The highest BCUT2D eigenvalue weighted by molar-refractivity contribution is 7.87. The molecule has 0 aromatic heterocycles. The molecule has 0 saturated heterocycles. The fraction of sp³-hybridized carbons (Fsp3) is 0.0526. The summed E-state index contributed by atoms with van der Waals surface area (Å²) in [4.78, 5) is 0. The van der Waals surface area contributed by atoms with Crippen molar-refractivity contribution in [3.63, 3.8) is 0 Å². The Hall–Kier alpha value is -1.67. The number of phenols is 2. The van der Waals surface area contributed by atoms with E-state index in [1.807, 2.05) is 0 Å². The monoisotopic (exact) mass is 492 g/mol. The van der Waals surface area contributed by atoms with E-state index in [0.29, 0.717) is 0 Å². The molecule has 29 heavy (non-hydrogen) atoms. The zero-order chi connectivity index (χ0) is 21.6. The largest absolute Gasteiger partial charge is 0.508 e. The molecule has 5 nitrogen and oxygen atoms in total. The Morgan fingerprint density at radius 1 is 0.759 bits per heavy atom. The maximum atomic E-state index is 13.0. The topological polar surface area (TPSA) is 94.8 Å². The van der Waals surface area contributed by atoms with E-state index in [-0.39, 0.29) is 48.3 Å². The molecule has 3 aromatic carbocycles. The number of rotatable bonds is 4. The van der Waals surface area contributed by atoms with E-state index in [1.54, 1.807) is 0 Å². The lowest BCUT2D eigenvalue weighted by molar-refractivity contribution is 0.456. The molecular weight excluding hydrogens is 482 g/mol. The Labute approximate surface area is 186 Å². The number of phenolic OH excluding ortho intramolecular Hbond substituents is 2. The second kappa shape index (κ2) is 7.87. The van der Waals surface area contributed by atoms with Crippen molar-refractivity contribution in [3.8, 4) is 11.5 Å². The maximum Gasteiger partial charge on any atom is 0.283 e. The average Bonchev–Trinajstić information content (AvgIpc) is 2.62. The van der Waals surface area contributed by atoms with Crippen molar-refractivity contribution < 1.29 is 23.2 Å². The summed E-state index contributed by atoms with van der Waals surface area (Å²) in [7, 11) is -5.07. The number of hydrogen-bond donors (Lipinski definition) is 3. The Bertz CT molecular complexity index is 1180. The molecular formula is C19H12Cl4O5S. The third kappa shape index (κ3) is 3.65. The van der Waals surface area contributed by atoms with Crippen LogP contribution in [0.1, 0.15) is 16.7 Å². The lowest BCUT2D eigenvalue weighted by Crippen LogP contribution is -2.39. The van der Waals surface area contributed by atoms with E-state index in [0.717, 1.165) is 12.1 Å². The van der Waals surface area contributed by atoms with Crippen molar-refractivity contribution in [3.05, 3.63) is 91.4 Å². The summed E-state index contributed by atoms with van der Waals surface area (Å²) < 4.78 is 34.1. The van der Waals surface area contributed by atoms with Crippen LogP contribution in [-0.4, -0.2) is 23.2 Å². The van der Waals surface area contributed by atoms with Gasteiger partial charge in [-0.1, -0.05) is 64.6 Å². The summed E-state index contributed by atoms with van der Waals surface area (Å²) >= 11 is 25.0. The van der Waals surface area contributed by atoms with Gasteiger partial charge >= 0.3 is 0 Å². The molecule has 3 aromatic rings. The van der Waals surface area contributed by atoms with E-state index in [4.69, 9.17) is 46.4 Å². The molecule has 0 aliphatic rings. The minimum Gasteiger partial charge on any atom is -0.508 e. The fourth-order valence-corrected chi connectivity index (χ4v) is 5.86. The molecule has 0 amide bonds. The van der Waals surface area contributed by atoms with Crippen LogP contribution in [0.2, 0.25) is 20.1 Å². The molecule has 3 N–H and O–H groups in total. The van der Waals surface area contributed by atoms with E-state index >= 15 is 0 Å². The van der Waals surface area contributed by atoms with E-state index in [1.165, 1.54) is 42.5 Å². The van der Waals surface area contributed by atoms with E-state index in [9.17, 15) is 23.2 Å². The van der Waals surface area contributed by atoms with Crippen LogP contribution >= 0.6 is 46.4 Å². The summed E-state index contributed by atoms with van der Waals surface area (Å²) in [6, 6.07) is 11.5. The molecule has 0 bridgehead atoms. The number of benzene rings is 3. The van der Waals surface area contributed by atoms with Gasteiger partial charge in [-0.05, 0) is 35.9 Å². The quantitative estimate of drug-likeness (QED) is 0.311. The van der Waals surface area contributed by atoms with Crippen molar-refractivity contribution in [2.45, 2.75) is 4.75 Å². The van der Waals surface area contributed by atoms with Gasteiger partial charge in [0, 0.05) is 32.3 Å². The summed E-state index contributed by atoms with van der Waals surface area (Å²) in [5.74, 6) is -0.529. The smallest absolute Gasteiger partial charge is 0.283 e. The van der Waals surface area contributed by atoms with Crippen LogP contribution in [0.25, 0.3) is 0 Å². The third-order valence-corrected chi connectivity index (χ3v) is 7.07. The lowest BCUT2D eigenvalue weighted by Gasteiger charge is -2.34. The van der Waals surface area contributed by atoms with Crippen molar-refractivity contribution in [1.29, 1.82) is 0 Å². The molecule has 3 rings (SSSR count). The minimum absolute atomic E-state index is 0.0172. The summed E-state index contributed by atoms with van der Waals surface area (Å²) in [5, 5.41) is 19.0. The molecule has 0 heterocycles. The third-order valence-electron chi connectivity index (χ3n) is 4.39. The predicted molar refractivity (Wildman–Crippen MR) is 114 cm³/mol. The maximum absolute atomic E-state index is 13.0. The van der Waals surface area contributed by atoms with Gasteiger partial charge in [-0.15, -0.1) is 0 Å². The SMILES string of the molecule is O=S(=O)(O)C(c1ccc(O)cc1)(c1cc(Cl)c(O)cc1Cl)c1c(Cl)cccc1Cl. The highest BCUT2D eigenvalue weighted by Crippen LogP contribution is 2.52. The van der Waals surface area contributed by atoms with Gasteiger partial charge in [-0.25, -0.2) is 0 Å². The van der Waals surface area contributed by atoms with Gasteiger partial charge in [-0.2, -0.15) is 8.42 Å². The zero-order valence-corrected chi connectivity index (χ0v) is 18.1. The molecule has 1 unspecified atom stereocenters. The highest BCUT2D eigenvalue weighted by atomic mass is 35.5. The lowest BCUT2D eigenvalue weighted by atomic mass is 9.83. The Kier molecular flexibility index (Phi) is 5.98. The first-order valence-corrected chi connectivity index (χ1v) is 10.8. The minimum atomic E-state index is -5.07. The van der Waals surface area contributed by atoms with Crippen LogP contribution in [-0.2, 0) is 14.9 Å². The molecule has 10 heteroatoms. The van der Waals surface area contributed by atoms with Gasteiger partial charge < -0.3 is 10.2 Å². The highest BCUT2D eigenvalue weighted by Gasteiger charge is 2.52. The van der Waals surface area contributed by atoms with Gasteiger partial charge in [0.2, 0.25) is 0 Å². The predicted octanol–water partition coefficient (Wildman–Crippen LogP) is 5.89. The molecule has 1 atom stereocenters. The number of hydrogen-bond acceptors (Lipinski definition) is 4. The van der Waals surface area contributed by atoms with E-state index < -0.39 is 14.9 Å². The van der Waals surface area contributed by atoms with Gasteiger partial charge in [-0.3, -0.25) is 4.55 Å². The Morgan fingerprint density at radius 3 is 1.83 bits per heavy atom. The number of aromatic hydroxyl groups is 2. The average molecular weight is 494 g/mol. The summed E-state index contributed by atoms with van der Waals surface area (Å²) in [5.41, 5.74) is -0.373. The van der Waals surface area contributed by atoms with Gasteiger partial charge in [0.15, 0.2) is 4.75 Å². The zero-order valence-electron chi connectivity index (χ0n) is 14.3. The Balaban J connectivity index is 2.63. The Morgan fingerprint density at radius 2 is 1.31 bits per heavy atom. The first-order chi connectivity index (χ1) is 13.5. The van der Waals surface area contributed by atoms with Crippen molar-refractivity contribution in [2.75, 3.05) is 0 Å². The van der Waals surface area contributed by atoms with Crippen LogP contribution in [0, 0.1) is 0 Å². The molecule has 0 spiro atoms. The summed E-state index contributed by atoms with van der Waals surface area (Å²) in [6.07, 6.45) is 0. The molecule has 0 aliphatic heterocycles. The molecule has 0 fully saturated rings. The first-order valence-electron chi connectivity index (χ1n) is 7.89. The molecule has 0 saturated carbocycles. The molecule has 0 aliphatic carbocycles. The van der Waals surface area contributed by atoms with E-state index in [2.05, 4.69) is 0 Å². The molecule has 0 radical (unpaired) electrons.